The highest BCUT2D eigenvalue weighted by Gasteiger charge is 2.50. The number of hydrogen-bond acceptors (Lipinski definition) is 28. The van der Waals surface area contributed by atoms with Crippen molar-refractivity contribution in [1.82, 2.24) is 98.7 Å². The molecule has 4 fully saturated rings. The fourth-order valence-electron chi connectivity index (χ4n) is 18.1. The minimum atomic E-state index is -2.13. The van der Waals surface area contributed by atoms with E-state index in [2.05, 4.69) is 79.1 Å². The van der Waals surface area contributed by atoms with Crippen molar-refractivity contribution in [3.8, 4) is 0 Å². The number of amides is 18. The molecule has 0 saturated carbocycles. The molecule has 830 valence electrons. The summed E-state index contributed by atoms with van der Waals surface area (Å²) < 4.78 is 0. The van der Waals surface area contributed by atoms with E-state index in [-0.39, 0.29) is 174 Å². The van der Waals surface area contributed by atoms with Crippen molar-refractivity contribution < 1.29 is 136 Å². The van der Waals surface area contributed by atoms with Gasteiger partial charge in [-0.05, 0) is 171 Å². The number of aromatic nitrogens is 2. The standard InChI is InChI=1S/C96H158N24O28/c1-11-51(7)75(114-88(139)67-29-22-40-118(67)93(144)68-30-23-41-119(68)94(145)69-31-24-42-120(69)95(146)78(54(10)14-4)116-82(133)59(32-34-70(101)121)105-84(135)62(45-72(124)125)110-83(134)61(43-50(5)6)108-79(130)56(100)25-15-18-36-97)89(140)107-60(33-35-71(122)123)92(143)117-39-21-28-66(117)87(138)106-58(27-17-20-38-99)80(131)104-57(26-16-19-37-98)81(132)109-63(46-73(126)127)85(136)111-64(47-74(128)129)86(137)113-77(53(9)13-3)91(142)115-76(52(8)12-2)90(141)112-65(96(147)148)44-55-48-102-49-103-55/h48-54,56-69,75-78H,11-47,97-100H2,1-10H3,(H2,101,121)(H,102,103)(H,104,131)(H,105,135)(H,106,138)(H,107,140)(H,108,130)(H,109,132)(H,110,134)(H,111,136)(H,112,141)(H,113,137)(H,114,139)(H,115,142)(H,116,133)(H,122,123)(H,124,125)(H,126,127)(H,128,129)(H,147,148)/t51-,52-,53-,54-,56-,57-,58-,59-,60-,61-,62-,63-,64-,65-,66-,67-,68-,69-,75-,76-,77-,78-/m0/s1. The minimum Gasteiger partial charge on any atom is -0.481 e. The van der Waals surface area contributed by atoms with Crippen molar-refractivity contribution in [3.05, 3.63) is 18.2 Å². The maximum Gasteiger partial charge on any atom is 0.326 e. The molecule has 4 aliphatic heterocycles. The average molecular weight is 2100 g/mol. The van der Waals surface area contributed by atoms with Gasteiger partial charge in [0.05, 0.1) is 31.6 Å². The molecular formula is C96H158N24O28. The normalized spacial score (nSPS) is 19.1. The van der Waals surface area contributed by atoms with Crippen LogP contribution in [0, 0.1) is 29.6 Å². The number of rotatable bonds is 67. The third-order valence-corrected chi connectivity index (χ3v) is 27.5. The Morgan fingerprint density at radius 2 is 0.689 bits per heavy atom. The smallest absolute Gasteiger partial charge is 0.326 e. The topological polar surface area (TPSA) is 822 Å². The molecular weight excluding hydrogens is 1940 g/mol. The second-order valence-electron chi connectivity index (χ2n) is 39.2. The molecule has 0 unspecified atom stereocenters. The number of imidazole rings is 1. The molecule has 5 rings (SSSR count). The molecule has 18 amide bonds. The van der Waals surface area contributed by atoms with Gasteiger partial charge < -0.3 is 148 Å². The van der Waals surface area contributed by atoms with Crippen LogP contribution in [0.2, 0.25) is 0 Å². The minimum absolute atomic E-state index is 0.00618. The van der Waals surface area contributed by atoms with Gasteiger partial charge in [0.25, 0.3) is 0 Å². The fraction of sp³-hybridized carbons (Fsp3) is 0.729. The lowest BCUT2D eigenvalue weighted by molar-refractivity contribution is -0.151. The van der Waals surface area contributed by atoms with Gasteiger partial charge in [0.15, 0.2) is 0 Å². The first-order valence-corrected chi connectivity index (χ1v) is 51.4. The van der Waals surface area contributed by atoms with Crippen LogP contribution in [0.5, 0.6) is 0 Å². The second-order valence-corrected chi connectivity index (χ2v) is 39.2. The third-order valence-electron chi connectivity index (χ3n) is 27.5. The van der Waals surface area contributed by atoms with Crippen molar-refractivity contribution in [3.63, 3.8) is 0 Å². The number of carbonyl (C=O) groups is 23. The van der Waals surface area contributed by atoms with Crippen LogP contribution in [-0.4, -0.2) is 346 Å². The summed E-state index contributed by atoms with van der Waals surface area (Å²) in [7, 11) is 0. The van der Waals surface area contributed by atoms with Gasteiger partial charge >= 0.3 is 29.8 Å². The van der Waals surface area contributed by atoms with Crippen LogP contribution in [0.15, 0.2) is 12.5 Å². The molecule has 0 aliphatic carbocycles. The Morgan fingerprint density at radius 3 is 1.12 bits per heavy atom. The van der Waals surface area contributed by atoms with E-state index in [0.29, 0.717) is 31.5 Å². The lowest BCUT2D eigenvalue weighted by Gasteiger charge is -2.36. The van der Waals surface area contributed by atoms with E-state index in [0.717, 1.165) is 4.90 Å². The Bertz CT molecular complexity index is 4720. The number of nitrogens with two attached hydrogens (primary N) is 5. The number of H-pyrrole nitrogens is 1. The van der Waals surface area contributed by atoms with E-state index < -0.39 is 314 Å². The van der Waals surface area contributed by atoms with E-state index >= 15 is 19.2 Å². The molecule has 4 saturated heterocycles. The SMILES string of the molecule is CC[C@H](C)[C@H](NC(=O)[C@H](CC(=O)O)NC(=O)[C@H](CC(=O)O)NC(=O)[C@H](CCCCN)NC(=O)[C@H](CCCCN)NC(=O)[C@@H]1CCCN1C(=O)[C@H](CCC(=O)O)NC(=O)[C@@H](NC(=O)[C@@H]1CCCN1C(=O)[C@@H]1CCCN1C(=O)[C@@H]1CCCN1C(=O)[C@@H](NC(=O)[C@H](CCC(N)=O)NC(=O)[C@H](CC(=O)O)NC(=O)[C@H](CC(C)C)NC(=O)[C@@H](N)CCCCN)[C@@H](C)CC)[C@@H](C)CC)C(=O)N[C@H](C(=O)N[C@@H](Cc1cnc[nH]1)C(=O)O)[C@@H](C)CC. The number of nitrogens with zero attached hydrogens (tertiary/aromatic N) is 5. The maximum absolute atomic E-state index is 15.1. The lowest BCUT2D eigenvalue weighted by Crippen LogP contribution is -2.62. The van der Waals surface area contributed by atoms with Crippen molar-refractivity contribution in [2.75, 3.05) is 45.8 Å². The zero-order valence-corrected chi connectivity index (χ0v) is 86.3. The van der Waals surface area contributed by atoms with Crippen molar-refractivity contribution in [2.45, 2.75) is 371 Å². The molecule has 52 heteroatoms. The van der Waals surface area contributed by atoms with Gasteiger partial charge in [0, 0.05) is 57.3 Å². The zero-order chi connectivity index (χ0) is 111. The van der Waals surface area contributed by atoms with E-state index in [1.54, 1.807) is 62.3 Å². The quantitative estimate of drug-likeness (QED) is 0.0275. The zero-order valence-electron chi connectivity index (χ0n) is 86.3. The number of unbranched alkanes of at least 4 members (excludes halogenated alkanes) is 3. The van der Waals surface area contributed by atoms with Crippen LogP contribution in [0.25, 0.3) is 0 Å². The van der Waals surface area contributed by atoms with Crippen molar-refractivity contribution >= 4 is 136 Å². The number of carbonyl (C=O) groups excluding carboxylic acids is 18. The fourth-order valence-corrected chi connectivity index (χ4v) is 18.1. The van der Waals surface area contributed by atoms with E-state index in [9.17, 15) is 117 Å². The summed E-state index contributed by atoms with van der Waals surface area (Å²) in [5, 5.41) is 82.7. The van der Waals surface area contributed by atoms with Crippen molar-refractivity contribution in [2.24, 2.45) is 58.3 Å². The molecule has 0 aromatic carbocycles. The van der Waals surface area contributed by atoms with Gasteiger partial charge in [-0.15, -0.1) is 0 Å². The number of nitrogens with one attached hydrogen (secondary N) is 14. The molecule has 0 radical (unpaired) electrons. The van der Waals surface area contributed by atoms with E-state index in [1.807, 2.05) is 0 Å². The van der Waals surface area contributed by atoms with Gasteiger partial charge in [-0.3, -0.25) is 105 Å². The summed E-state index contributed by atoms with van der Waals surface area (Å²) in [6.07, 6.45) is 0.789. The molecule has 29 N–H and O–H groups in total. The molecule has 0 spiro atoms. The second kappa shape index (κ2) is 62.9. The van der Waals surface area contributed by atoms with E-state index in [1.165, 1.54) is 34.1 Å². The predicted octanol–water partition coefficient (Wildman–Crippen LogP) is -4.20. The molecule has 4 aliphatic rings. The lowest BCUT2D eigenvalue weighted by atomic mass is 9.94. The number of carboxylic acid groups (broad SMARTS) is 5. The van der Waals surface area contributed by atoms with Crippen LogP contribution in [0.1, 0.15) is 261 Å². The number of aliphatic carboxylic acids is 5. The monoisotopic (exact) mass is 2100 g/mol. The van der Waals surface area contributed by atoms with Gasteiger partial charge in [-0.2, -0.15) is 0 Å². The average Bonchev–Trinajstić information content (AvgIpc) is 1.63. The van der Waals surface area contributed by atoms with Crippen LogP contribution >= 0.6 is 0 Å². The summed E-state index contributed by atoms with van der Waals surface area (Å²) >= 11 is 0. The van der Waals surface area contributed by atoms with Gasteiger partial charge in [0.1, 0.15) is 103 Å². The summed E-state index contributed by atoms with van der Waals surface area (Å²) in [5.41, 5.74) is 29.3. The highest BCUT2D eigenvalue weighted by molar-refractivity contribution is 6.03. The Morgan fingerprint density at radius 1 is 0.358 bits per heavy atom. The van der Waals surface area contributed by atoms with Gasteiger partial charge in [-0.25, -0.2) is 9.78 Å². The molecule has 22 atom stereocenters. The molecule has 148 heavy (non-hydrogen) atoms. The molecule has 1 aromatic rings. The first kappa shape index (κ1) is 125. The molecule has 0 bridgehead atoms. The highest BCUT2D eigenvalue weighted by Crippen LogP contribution is 2.32. The Kier molecular flexibility index (Phi) is 53.2. The summed E-state index contributed by atoms with van der Waals surface area (Å²) in [4.78, 5) is 332. The number of likely N-dealkylation sites (tertiary alicyclic amines) is 4. The molecule has 1 aromatic heterocycles. The van der Waals surface area contributed by atoms with Crippen LogP contribution in [0.4, 0.5) is 0 Å². The first-order chi connectivity index (χ1) is 70.0. The predicted molar refractivity (Wildman–Crippen MR) is 530 cm³/mol. The highest BCUT2D eigenvalue weighted by atomic mass is 16.4. The number of primary amides is 1. The Hall–Kier alpha value is -13.1. The number of hydrogen-bond donors (Lipinski definition) is 24. The number of aromatic amines is 1. The molecule has 52 nitrogen and oxygen atoms in total. The molecule has 5 heterocycles. The van der Waals surface area contributed by atoms with Crippen LogP contribution < -0.4 is 97.8 Å². The Labute approximate surface area is 859 Å². The van der Waals surface area contributed by atoms with Gasteiger partial charge in [0.2, 0.25) is 106 Å². The largest absolute Gasteiger partial charge is 0.481 e. The number of carboxylic acids is 5. The third kappa shape index (κ3) is 39.2. The Balaban J connectivity index is 1.32. The maximum atomic E-state index is 15.1. The van der Waals surface area contributed by atoms with Crippen LogP contribution in [-0.2, 0) is 117 Å². The first-order valence-electron chi connectivity index (χ1n) is 51.4. The van der Waals surface area contributed by atoms with Crippen LogP contribution in [0.3, 0.4) is 0 Å². The van der Waals surface area contributed by atoms with E-state index in [4.69, 9.17) is 28.7 Å². The van der Waals surface area contributed by atoms with Gasteiger partial charge in [-0.1, -0.05) is 101 Å². The summed E-state index contributed by atoms with van der Waals surface area (Å²) in [6, 6.07) is -27.3. The van der Waals surface area contributed by atoms with Crippen molar-refractivity contribution in [1.29, 1.82) is 0 Å². The summed E-state index contributed by atoms with van der Waals surface area (Å²) in [6.45, 7) is 17.1. The summed E-state index contributed by atoms with van der Waals surface area (Å²) in [5.74, 6) is -27.9.